The molecular weight excluding hydrogens is 200 g/mol. The van der Waals surface area contributed by atoms with Crippen molar-refractivity contribution in [2.75, 3.05) is 6.54 Å². The molecule has 15 heavy (non-hydrogen) atoms. The molecule has 0 heterocycles. The lowest BCUT2D eigenvalue weighted by atomic mass is 10.4. The molecule has 2 nitrogen and oxygen atoms in total. The molecule has 0 fully saturated rings. The molecule has 0 amide bonds. The zero-order valence-electron chi connectivity index (χ0n) is 11.6. The minimum absolute atomic E-state index is 0.559. The molecule has 92 valence electrons. The van der Waals surface area contributed by atoms with E-state index in [9.17, 15) is 0 Å². The Morgan fingerprint density at radius 2 is 1.20 bits per heavy atom. The first-order valence-electron chi connectivity index (χ1n) is 6.41. The van der Waals surface area contributed by atoms with E-state index in [2.05, 4.69) is 53.0 Å². The van der Waals surface area contributed by atoms with E-state index in [4.69, 9.17) is 0 Å². The third-order valence-electron chi connectivity index (χ3n) is 4.28. The Kier molecular flexibility index (Phi) is 6.07. The Hall–Kier alpha value is 0.137. The van der Waals surface area contributed by atoms with Crippen molar-refractivity contribution in [2.45, 2.75) is 70.3 Å². The molecule has 0 saturated heterocycles. The van der Waals surface area contributed by atoms with E-state index in [-0.39, 0.29) is 0 Å². The van der Waals surface area contributed by atoms with E-state index in [1.807, 2.05) is 0 Å². The van der Waals surface area contributed by atoms with Gasteiger partial charge in [-0.25, -0.2) is 0 Å². The monoisotopic (exact) mass is 232 g/mol. The largest absolute Gasteiger partial charge is 0.353 e. The first-order valence-corrected chi connectivity index (χ1v) is 8.85. The van der Waals surface area contributed by atoms with Crippen LogP contribution in [0, 0.1) is 0 Å². The van der Waals surface area contributed by atoms with Crippen LogP contribution in [0.15, 0.2) is 0 Å². The molecular formula is C12H32N2Si+2. The second kappa shape index (κ2) is 6.02. The van der Waals surface area contributed by atoms with Crippen LogP contribution in [-0.4, -0.2) is 20.7 Å². The summed E-state index contributed by atoms with van der Waals surface area (Å²) in [5.74, 6) is 0. The normalized spacial score (nSPS) is 15.4. The SMILES string of the molecule is CC(C)[Si](CC([NH3+])C[NH3+])(C(C)C)C(C)C. The molecule has 0 aliphatic heterocycles. The number of rotatable bonds is 6. The van der Waals surface area contributed by atoms with Gasteiger partial charge in [-0.15, -0.1) is 0 Å². The van der Waals surface area contributed by atoms with Crippen molar-refractivity contribution >= 4 is 8.07 Å². The maximum Gasteiger partial charge on any atom is 0.131 e. The van der Waals surface area contributed by atoms with Gasteiger partial charge in [-0.1, -0.05) is 58.2 Å². The fourth-order valence-electron chi connectivity index (χ4n) is 3.31. The van der Waals surface area contributed by atoms with Gasteiger partial charge in [0, 0.05) is 6.04 Å². The fourth-order valence-corrected chi connectivity index (χ4v) is 9.93. The second-order valence-corrected chi connectivity index (χ2v) is 12.0. The van der Waals surface area contributed by atoms with Gasteiger partial charge in [0.05, 0.1) is 8.07 Å². The molecule has 1 unspecified atom stereocenters. The highest BCUT2D eigenvalue weighted by Crippen LogP contribution is 2.44. The summed E-state index contributed by atoms with van der Waals surface area (Å²) < 4.78 is 0. The minimum Gasteiger partial charge on any atom is -0.353 e. The Morgan fingerprint density at radius 1 is 0.867 bits per heavy atom. The Balaban J connectivity index is 4.96. The first kappa shape index (κ1) is 15.1. The average Bonchev–Trinajstić information content (AvgIpc) is 2.11. The molecule has 6 N–H and O–H groups in total. The van der Waals surface area contributed by atoms with Crippen molar-refractivity contribution in [3.05, 3.63) is 0 Å². The predicted molar refractivity (Wildman–Crippen MR) is 70.3 cm³/mol. The predicted octanol–water partition coefficient (Wildman–Crippen LogP) is 1.52. The van der Waals surface area contributed by atoms with Crippen molar-refractivity contribution in [1.29, 1.82) is 0 Å². The molecule has 0 saturated carbocycles. The second-order valence-electron chi connectivity index (χ2n) is 5.94. The van der Waals surface area contributed by atoms with Crippen LogP contribution < -0.4 is 11.5 Å². The van der Waals surface area contributed by atoms with Crippen LogP contribution in [0.4, 0.5) is 0 Å². The van der Waals surface area contributed by atoms with Crippen molar-refractivity contribution < 1.29 is 11.5 Å². The summed E-state index contributed by atoms with van der Waals surface area (Å²) in [5, 5.41) is 0. The van der Waals surface area contributed by atoms with E-state index >= 15 is 0 Å². The maximum absolute atomic E-state index is 4.26. The lowest BCUT2D eigenvalue weighted by Crippen LogP contribution is -2.74. The van der Waals surface area contributed by atoms with Crippen molar-refractivity contribution in [3.63, 3.8) is 0 Å². The highest BCUT2D eigenvalue weighted by atomic mass is 28.3. The summed E-state index contributed by atoms with van der Waals surface area (Å²) in [5.41, 5.74) is 10.8. The average molecular weight is 232 g/mol. The fraction of sp³-hybridized carbons (Fsp3) is 1.00. The Morgan fingerprint density at radius 3 is 1.40 bits per heavy atom. The third kappa shape index (κ3) is 3.30. The summed E-state index contributed by atoms with van der Waals surface area (Å²) in [6.45, 7) is 15.5. The van der Waals surface area contributed by atoms with Gasteiger partial charge >= 0.3 is 0 Å². The highest BCUT2D eigenvalue weighted by molar-refractivity contribution is 6.83. The summed E-state index contributed by atoms with van der Waals surface area (Å²) >= 11 is 0. The summed E-state index contributed by atoms with van der Waals surface area (Å²) in [4.78, 5) is 0. The van der Waals surface area contributed by atoms with E-state index in [0.29, 0.717) is 6.04 Å². The molecule has 0 bridgehead atoms. The van der Waals surface area contributed by atoms with Gasteiger partial charge in [0.2, 0.25) is 0 Å². The number of hydrogen-bond donors (Lipinski definition) is 2. The lowest BCUT2D eigenvalue weighted by Gasteiger charge is -2.43. The smallest absolute Gasteiger partial charge is 0.131 e. The first-order chi connectivity index (χ1) is 6.78. The molecule has 0 spiro atoms. The van der Waals surface area contributed by atoms with Crippen LogP contribution in [0.5, 0.6) is 0 Å². The van der Waals surface area contributed by atoms with Gasteiger partial charge in [0.25, 0.3) is 0 Å². The van der Waals surface area contributed by atoms with Crippen LogP contribution in [0.1, 0.15) is 41.5 Å². The van der Waals surface area contributed by atoms with Gasteiger partial charge in [-0.2, -0.15) is 0 Å². The number of quaternary nitrogens is 2. The van der Waals surface area contributed by atoms with Gasteiger partial charge in [-0.05, 0) is 0 Å². The van der Waals surface area contributed by atoms with Crippen molar-refractivity contribution in [3.8, 4) is 0 Å². The maximum atomic E-state index is 4.26. The molecule has 0 aromatic rings. The molecule has 0 aromatic heterocycles. The van der Waals surface area contributed by atoms with Crippen LogP contribution in [0.2, 0.25) is 22.7 Å². The van der Waals surface area contributed by atoms with E-state index in [0.717, 1.165) is 23.2 Å². The minimum atomic E-state index is -1.21. The molecule has 0 aliphatic rings. The zero-order valence-corrected chi connectivity index (χ0v) is 12.6. The quantitative estimate of drug-likeness (QED) is 0.653. The molecule has 0 radical (unpaired) electrons. The highest BCUT2D eigenvalue weighted by Gasteiger charge is 2.44. The van der Waals surface area contributed by atoms with E-state index in [1.54, 1.807) is 0 Å². The van der Waals surface area contributed by atoms with E-state index < -0.39 is 8.07 Å². The van der Waals surface area contributed by atoms with Crippen LogP contribution in [0.25, 0.3) is 0 Å². The molecule has 0 rings (SSSR count). The van der Waals surface area contributed by atoms with Crippen LogP contribution >= 0.6 is 0 Å². The third-order valence-corrected chi connectivity index (χ3v) is 12.0. The van der Waals surface area contributed by atoms with Gasteiger partial charge in [0.1, 0.15) is 12.6 Å². The summed E-state index contributed by atoms with van der Waals surface area (Å²) in [7, 11) is -1.21. The summed E-state index contributed by atoms with van der Waals surface area (Å²) in [6.07, 6.45) is 0. The topological polar surface area (TPSA) is 55.3 Å². The molecule has 0 aliphatic carbocycles. The van der Waals surface area contributed by atoms with Gasteiger partial charge in [-0.3, -0.25) is 0 Å². The van der Waals surface area contributed by atoms with Gasteiger partial charge in [0.15, 0.2) is 0 Å². The Labute approximate surface area is 96.8 Å². The Bertz CT molecular complexity index is 157. The van der Waals surface area contributed by atoms with Crippen LogP contribution in [-0.2, 0) is 0 Å². The molecule has 1 atom stereocenters. The molecule has 0 aromatic carbocycles. The standard InChI is InChI=1S/C12H30N2Si/c1-9(2)15(10(3)4,11(5)6)8-12(14)7-13/h9-12H,7-8,13-14H2,1-6H3/p+2. The zero-order chi connectivity index (χ0) is 12.2. The van der Waals surface area contributed by atoms with Crippen molar-refractivity contribution in [2.24, 2.45) is 0 Å². The van der Waals surface area contributed by atoms with E-state index in [1.165, 1.54) is 6.04 Å². The number of hydrogen-bond acceptors (Lipinski definition) is 0. The lowest BCUT2D eigenvalue weighted by molar-refractivity contribution is -0.488. The van der Waals surface area contributed by atoms with Gasteiger partial charge < -0.3 is 11.5 Å². The van der Waals surface area contributed by atoms with Crippen LogP contribution in [0.3, 0.4) is 0 Å². The molecule has 3 heteroatoms. The van der Waals surface area contributed by atoms with Crippen molar-refractivity contribution in [1.82, 2.24) is 0 Å². The summed E-state index contributed by atoms with van der Waals surface area (Å²) in [6, 6.07) is 1.91.